The smallest absolute Gasteiger partial charge is 0.257 e. The van der Waals surface area contributed by atoms with Crippen molar-refractivity contribution >= 4 is 28.4 Å². The number of anilines is 1. The summed E-state index contributed by atoms with van der Waals surface area (Å²) in [6.45, 7) is 7.58. The van der Waals surface area contributed by atoms with Crippen LogP contribution in [0, 0.1) is 19.7 Å². The number of alkyl halides is 2. The number of likely N-dealkylation sites (N-methyl/N-ethyl adjacent to an activating group) is 2. The van der Waals surface area contributed by atoms with Gasteiger partial charge >= 0.3 is 0 Å². The lowest BCUT2D eigenvalue weighted by Crippen LogP contribution is -2.47. The van der Waals surface area contributed by atoms with E-state index in [2.05, 4.69) is 15.7 Å². The molecule has 4 rings (SSSR count). The highest BCUT2D eigenvalue weighted by Gasteiger charge is 2.26. The molecular formula is C28H36F3N7O2. The predicted molar refractivity (Wildman–Crippen MR) is 147 cm³/mol. The number of rotatable bonds is 12. The molecule has 0 spiro atoms. The van der Waals surface area contributed by atoms with Crippen molar-refractivity contribution in [3.05, 3.63) is 58.5 Å². The Bertz CT molecular complexity index is 1380. The van der Waals surface area contributed by atoms with E-state index in [4.69, 9.17) is 0 Å². The Labute approximate surface area is 231 Å². The van der Waals surface area contributed by atoms with Crippen LogP contribution >= 0.6 is 0 Å². The standard InChI is InChI=1S/C28H36F3N7O2/c1-5-32-8-9-37(25-12-24-23(10-18(25)2)19(3)38(34-24)17-26(30)31)28(40)14-33-13-27(39)35(4)36-15-20-6-7-22(29)11-21(20)16-36/h6-7,10-12,26,32-33H,5,8-9,13-17H2,1-4H3. The number of nitrogens with zero attached hydrogens (tertiary/aromatic N) is 5. The molecule has 0 unspecified atom stereocenters. The van der Waals surface area contributed by atoms with E-state index in [1.807, 2.05) is 24.9 Å². The summed E-state index contributed by atoms with van der Waals surface area (Å²) in [4.78, 5) is 27.8. The molecule has 1 aromatic heterocycles. The molecule has 0 bridgehead atoms. The molecule has 0 saturated carbocycles. The molecule has 0 radical (unpaired) electrons. The quantitative estimate of drug-likeness (QED) is 0.332. The monoisotopic (exact) mass is 559 g/mol. The molecule has 2 heterocycles. The van der Waals surface area contributed by atoms with Gasteiger partial charge in [0, 0.05) is 50.0 Å². The first-order valence-electron chi connectivity index (χ1n) is 13.4. The van der Waals surface area contributed by atoms with Crippen LogP contribution in [0.1, 0.15) is 29.3 Å². The van der Waals surface area contributed by atoms with E-state index in [0.717, 1.165) is 28.6 Å². The zero-order valence-electron chi connectivity index (χ0n) is 23.3. The fraction of sp³-hybridized carbons (Fsp3) is 0.464. The predicted octanol–water partition coefficient (Wildman–Crippen LogP) is 2.98. The number of nitrogens with one attached hydrogen (secondary N) is 2. The molecule has 1 aliphatic heterocycles. The fourth-order valence-corrected chi connectivity index (χ4v) is 4.95. The van der Waals surface area contributed by atoms with Crippen LogP contribution in [-0.4, -0.2) is 77.8 Å². The third-order valence-corrected chi connectivity index (χ3v) is 7.20. The third-order valence-electron chi connectivity index (χ3n) is 7.20. The van der Waals surface area contributed by atoms with Crippen molar-refractivity contribution in [1.82, 2.24) is 30.4 Å². The van der Waals surface area contributed by atoms with Crippen LogP contribution in [0.15, 0.2) is 30.3 Å². The highest BCUT2D eigenvalue weighted by molar-refractivity contribution is 5.98. The van der Waals surface area contributed by atoms with Crippen molar-refractivity contribution < 1.29 is 22.8 Å². The maximum absolute atomic E-state index is 13.6. The number of aromatic nitrogens is 2. The first kappa shape index (κ1) is 29.5. The van der Waals surface area contributed by atoms with E-state index in [9.17, 15) is 22.8 Å². The van der Waals surface area contributed by atoms with Crippen molar-refractivity contribution in [1.29, 1.82) is 0 Å². The van der Waals surface area contributed by atoms with E-state index in [1.165, 1.54) is 21.8 Å². The average molecular weight is 560 g/mol. The molecule has 1 aliphatic rings. The van der Waals surface area contributed by atoms with E-state index in [1.54, 1.807) is 31.0 Å². The van der Waals surface area contributed by atoms with Crippen LogP contribution in [-0.2, 0) is 29.2 Å². The SMILES string of the molecule is CCNCCN(C(=O)CNCC(=O)N(C)N1Cc2ccc(F)cc2C1)c1cc2nn(CC(F)F)c(C)c2cc1C. The number of hydrazine groups is 1. The third kappa shape index (κ3) is 6.62. The first-order chi connectivity index (χ1) is 19.1. The molecule has 2 aromatic carbocycles. The van der Waals surface area contributed by atoms with Crippen molar-refractivity contribution in [2.24, 2.45) is 0 Å². The van der Waals surface area contributed by atoms with Gasteiger partial charge in [-0.3, -0.25) is 24.6 Å². The molecule has 0 fully saturated rings. The number of hydrogen-bond donors (Lipinski definition) is 2. The van der Waals surface area contributed by atoms with Gasteiger partial charge in [-0.05, 0) is 61.3 Å². The Balaban J connectivity index is 1.42. The summed E-state index contributed by atoms with van der Waals surface area (Å²) in [5, 5.41) is 14.6. The van der Waals surface area contributed by atoms with Gasteiger partial charge in [0.1, 0.15) is 12.4 Å². The summed E-state index contributed by atoms with van der Waals surface area (Å²) in [7, 11) is 1.66. The Morgan fingerprint density at radius 3 is 2.50 bits per heavy atom. The Morgan fingerprint density at radius 1 is 1.05 bits per heavy atom. The minimum atomic E-state index is -2.52. The summed E-state index contributed by atoms with van der Waals surface area (Å²) in [6, 6.07) is 8.25. The van der Waals surface area contributed by atoms with Gasteiger partial charge in [0.05, 0.1) is 18.6 Å². The summed E-state index contributed by atoms with van der Waals surface area (Å²) in [6.07, 6.45) is -2.52. The number of aryl methyl sites for hydroxylation is 2. The lowest BCUT2D eigenvalue weighted by molar-refractivity contribution is -0.145. The zero-order valence-corrected chi connectivity index (χ0v) is 23.3. The Kier molecular flexibility index (Phi) is 9.44. The fourth-order valence-electron chi connectivity index (χ4n) is 4.95. The van der Waals surface area contributed by atoms with E-state index >= 15 is 0 Å². The van der Waals surface area contributed by atoms with Gasteiger partial charge in [0.15, 0.2) is 0 Å². The molecule has 40 heavy (non-hydrogen) atoms. The highest BCUT2D eigenvalue weighted by atomic mass is 19.3. The molecular weight excluding hydrogens is 523 g/mol. The molecule has 2 amide bonds. The van der Waals surface area contributed by atoms with E-state index < -0.39 is 13.0 Å². The van der Waals surface area contributed by atoms with Crippen LogP contribution in [0.3, 0.4) is 0 Å². The van der Waals surface area contributed by atoms with Gasteiger partial charge in [-0.1, -0.05) is 13.0 Å². The highest BCUT2D eigenvalue weighted by Crippen LogP contribution is 2.29. The van der Waals surface area contributed by atoms with Gasteiger partial charge in [-0.15, -0.1) is 0 Å². The molecule has 0 aliphatic carbocycles. The number of carbonyl (C=O) groups excluding carboxylic acids is 2. The van der Waals surface area contributed by atoms with Crippen LogP contribution in [0.4, 0.5) is 18.9 Å². The van der Waals surface area contributed by atoms with Crippen molar-refractivity contribution in [2.45, 2.75) is 46.8 Å². The summed E-state index contributed by atoms with van der Waals surface area (Å²) < 4.78 is 40.9. The molecule has 3 aromatic rings. The van der Waals surface area contributed by atoms with Gasteiger partial charge in [-0.25, -0.2) is 18.2 Å². The Hall–Kier alpha value is -3.48. The number of fused-ring (bicyclic) bond motifs is 2. The second-order valence-corrected chi connectivity index (χ2v) is 9.97. The van der Waals surface area contributed by atoms with Gasteiger partial charge in [-0.2, -0.15) is 5.10 Å². The lowest BCUT2D eigenvalue weighted by atomic mass is 10.1. The van der Waals surface area contributed by atoms with Crippen molar-refractivity contribution in [3.8, 4) is 0 Å². The normalized spacial score (nSPS) is 13.3. The molecule has 0 saturated heterocycles. The molecule has 12 heteroatoms. The molecule has 2 N–H and O–H groups in total. The number of benzene rings is 2. The summed E-state index contributed by atoms with van der Waals surface area (Å²) >= 11 is 0. The number of halogens is 3. The van der Waals surface area contributed by atoms with Gasteiger partial charge in [0.2, 0.25) is 5.91 Å². The summed E-state index contributed by atoms with van der Waals surface area (Å²) in [5.74, 6) is -0.763. The van der Waals surface area contributed by atoms with Crippen molar-refractivity contribution in [3.63, 3.8) is 0 Å². The number of hydrogen-bond acceptors (Lipinski definition) is 6. The maximum atomic E-state index is 13.6. The largest absolute Gasteiger partial charge is 0.315 e. The Morgan fingerprint density at radius 2 is 1.77 bits per heavy atom. The number of amides is 2. The van der Waals surface area contributed by atoms with Crippen LogP contribution in [0.2, 0.25) is 0 Å². The van der Waals surface area contributed by atoms with Crippen LogP contribution in [0.25, 0.3) is 10.9 Å². The minimum Gasteiger partial charge on any atom is -0.315 e. The van der Waals surface area contributed by atoms with Gasteiger partial charge < -0.3 is 10.2 Å². The molecule has 0 atom stereocenters. The second kappa shape index (κ2) is 12.8. The van der Waals surface area contributed by atoms with Crippen molar-refractivity contribution in [2.75, 3.05) is 44.7 Å². The second-order valence-electron chi connectivity index (χ2n) is 9.97. The van der Waals surface area contributed by atoms with Crippen LogP contribution < -0.4 is 15.5 Å². The summed E-state index contributed by atoms with van der Waals surface area (Å²) in [5.41, 5.74) is 4.47. The van der Waals surface area contributed by atoms with Gasteiger partial charge in [0.25, 0.3) is 12.3 Å². The first-order valence-corrected chi connectivity index (χ1v) is 13.4. The zero-order chi connectivity index (χ0) is 29.0. The number of carbonyl (C=O) groups is 2. The molecule has 9 nitrogen and oxygen atoms in total. The lowest BCUT2D eigenvalue weighted by Gasteiger charge is -2.28. The minimum absolute atomic E-state index is 0.0558. The maximum Gasteiger partial charge on any atom is 0.257 e. The average Bonchev–Trinajstić information content (AvgIpc) is 3.45. The van der Waals surface area contributed by atoms with Crippen LogP contribution in [0.5, 0.6) is 0 Å². The molecule has 216 valence electrons. The van der Waals surface area contributed by atoms with E-state index in [0.29, 0.717) is 43.1 Å². The topological polar surface area (TPSA) is 85.7 Å². The van der Waals surface area contributed by atoms with E-state index in [-0.39, 0.29) is 30.7 Å².